The van der Waals surface area contributed by atoms with E-state index in [1.807, 2.05) is 105 Å². The quantitative estimate of drug-likeness (QED) is 0.103. The van der Waals surface area contributed by atoms with Gasteiger partial charge in [0.05, 0.1) is 23.0 Å². The van der Waals surface area contributed by atoms with E-state index in [1.54, 1.807) is 24.3 Å². The molecule has 0 saturated heterocycles. The maximum Gasteiger partial charge on any atom is 0.297 e. The molecule has 45 heavy (non-hydrogen) atoms. The summed E-state index contributed by atoms with van der Waals surface area (Å²) in [5, 5.41) is 0. The Morgan fingerprint density at radius 1 is 0.511 bits per heavy atom. The van der Waals surface area contributed by atoms with Gasteiger partial charge in [-0.1, -0.05) is 126 Å². The Kier molecular flexibility index (Phi) is 9.96. The molecule has 0 fully saturated rings. The van der Waals surface area contributed by atoms with Crippen LogP contribution in [0, 0.1) is 13.8 Å². The standard InChI is InChI=1S/C36H34O7S2/c1-28-18-22-34(23-19-28)44(37,38)42-27-33(43-45(39,40)35-24-20-29(2)21-25-35)26-41-36(30-12-6-3-7-13-30,31-14-8-4-9-15-31)32-16-10-5-11-17-32/h3-25,33H,26-27H2,1-2H3. The molecule has 9 heteroatoms. The van der Waals surface area contributed by atoms with Crippen molar-refractivity contribution in [1.29, 1.82) is 0 Å². The summed E-state index contributed by atoms with van der Waals surface area (Å²) in [7, 11) is -8.57. The van der Waals surface area contributed by atoms with E-state index >= 15 is 0 Å². The molecule has 0 heterocycles. The number of aryl methyl sites for hydroxylation is 2. The normalized spacial score (nSPS) is 12.9. The van der Waals surface area contributed by atoms with Gasteiger partial charge in [0, 0.05) is 0 Å². The summed E-state index contributed by atoms with van der Waals surface area (Å²) in [5.74, 6) is 0. The van der Waals surface area contributed by atoms with Crippen molar-refractivity contribution in [3.8, 4) is 0 Å². The summed E-state index contributed by atoms with van der Waals surface area (Å²) >= 11 is 0. The molecule has 0 N–H and O–H groups in total. The first kappa shape index (κ1) is 32.3. The van der Waals surface area contributed by atoms with Crippen LogP contribution in [0.4, 0.5) is 0 Å². The molecular weight excluding hydrogens is 609 g/mol. The highest BCUT2D eigenvalue weighted by Crippen LogP contribution is 2.40. The fourth-order valence-electron chi connectivity index (χ4n) is 4.97. The predicted molar refractivity (Wildman–Crippen MR) is 173 cm³/mol. The molecule has 0 saturated carbocycles. The highest BCUT2D eigenvalue weighted by molar-refractivity contribution is 7.87. The molecule has 1 atom stereocenters. The molecule has 0 spiro atoms. The van der Waals surface area contributed by atoms with E-state index in [0.717, 1.165) is 27.8 Å². The van der Waals surface area contributed by atoms with Gasteiger partial charge in [-0.05, 0) is 54.8 Å². The largest absolute Gasteiger partial charge is 0.358 e. The second-order valence-electron chi connectivity index (χ2n) is 10.6. The van der Waals surface area contributed by atoms with E-state index in [0.29, 0.717) is 0 Å². The summed E-state index contributed by atoms with van der Waals surface area (Å²) in [5.41, 5.74) is 2.92. The Labute approximate surface area is 265 Å². The van der Waals surface area contributed by atoms with Gasteiger partial charge in [-0.2, -0.15) is 16.8 Å². The van der Waals surface area contributed by atoms with Gasteiger partial charge >= 0.3 is 0 Å². The number of hydrogen-bond donors (Lipinski definition) is 0. The Morgan fingerprint density at radius 3 is 1.29 bits per heavy atom. The van der Waals surface area contributed by atoms with E-state index in [-0.39, 0.29) is 16.4 Å². The Hall–Kier alpha value is -4.12. The first-order valence-electron chi connectivity index (χ1n) is 14.4. The maximum absolute atomic E-state index is 13.4. The van der Waals surface area contributed by atoms with Gasteiger partial charge < -0.3 is 4.74 Å². The second-order valence-corrected chi connectivity index (χ2v) is 13.8. The summed E-state index contributed by atoms with van der Waals surface area (Å²) < 4.78 is 71.0. The SMILES string of the molecule is Cc1ccc(S(=O)(=O)OCC(COC(c2ccccc2)(c2ccccc2)c2ccccc2)OS(=O)(=O)c2ccc(C)cc2)cc1. The number of benzene rings is 5. The van der Waals surface area contributed by atoms with Crippen LogP contribution in [0.1, 0.15) is 27.8 Å². The maximum atomic E-state index is 13.4. The minimum atomic E-state index is -4.33. The molecule has 0 aliphatic carbocycles. The van der Waals surface area contributed by atoms with Crippen molar-refractivity contribution in [3.63, 3.8) is 0 Å². The molecule has 0 amide bonds. The highest BCUT2D eigenvalue weighted by atomic mass is 32.2. The Balaban J connectivity index is 1.54. The molecule has 0 radical (unpaired) electrons. The Morgan fingerprint density at radius 2 is 0.889 bits per heavy atom. The molecule has 232 valence electrons. The molecule has 5 aromatic carbocycles. The average molecular weight is 643 g/mol. The zero-order valence-electron chi connectivity index (χ0n) is 24.9. The van der Waals surface area contributed by atoms with Gasteiger partial charge in [-0.25, -0.2) is 0 Å². The second kappa shape index (κ2) is 13.9. The third kappa shape index (κ3) is 7.58. The van der Waals surface area contributed by atoms with Crippen LogP contribution < -0.4 is 0 Å². The monoisotopic (exact) mass is 642 g/mol. The first-order chi connectivity index (χ1) is 21.6. The molecule has 5 aromatic rings. The molecule has 0 aliphatic rings. The zero-order valence-corrected chi connectivity index (χ0v) is 26.6. The van der Waals surface area contributed by atoms with E-state index in [9.17, 15) is 16.8 Å². The van der Waals surface area contributed by atoms with Crippen LogP contribution >= 0.6 is 0 Å². The average Bonchev–Trinajstić information content (AvgIpc) is 3.06. The molecule has 0 aromatic heterocycles. The summed E-state index contributed by atoms with van der Waals surface area (Å²) in [6.07, 6.45) is -1.34. The van der Waals surface area contributed by atoms with Crippen molar-refractivity contribution in [1.82, 2.24) is 0 Å². The van der Waals surface area contributed by atoms with Crippen molar-refractivity contribution in [2.45, 2.75) is 35.3 Å². The lowest BCUT2D eigenvalue weighted by Crippen LogP contribution is -2.38. The van der Waals surface area contributed by atoms with E-state index in [2.05, 4.69) is 0 Å². The minimum absolute atomic E-state index is 0.0543. The number of hydrogen-bond acceptors (Lipinski definition) is 7. The van der Waals surface area contributed by atoms with Crippen LogP contribution in [0.2, 0.25) is 0 Å². The first-order valence-corrected chi connectivity index (χ1v) is 17.2. The van der Waals surface area contributed by atoms with Crippen molar-refractivity contribution in [3.05, 3.63) is 167 Å². The van der Waals surface area contributed by atoms with E-state index < -0.39 is 38.5 Å². The van der Waals surface area contributed by atoms with Crippen molar-refractivity contribution in [2.24, 2.45) is 0 Å². The molecule has 0 bridgehead atoms. The topological polar surface area (TPSA) is 96.0 Å². The summed E-state index contributed by atoms with van der Waals surface area (Å²) in [4.78, 5) is -0.124. The lowest BCUT2D eigenvalue weighted by molar-refractivity contribution is -0.0388. The van der Waals surface area contributed by atoms with Gasteiger partial charge in [0.2, 0.25) is 0 Å². The summed E-state index contributed by atoms with van der Waals surface area (Å²) in [6, 6.07) is 41.0. The van der Waals surface area contributed by atoms with Crippen LogP contribution in [0.5, 0.6) is 0 Å². The smallest absolute Gasteiger partial charge is 0.297 e. The predicted octanol–water partition coefficient (Wildman–Crippen LogP) is 6.79. The molecule has 5 rings (SSSR count). The van der Waals surface area contributed by atoms with Crippen molar-refractivity contribution < 1.29 is 29.9 Å². The van der Waals surface area contributed by atoms with Crippen LogP contribution in [0.15, 0.2) is 149 Å². The van der Waals surface area contributed by atoms with Crippen molar-refractivity contribution >= 4 is 20.2 Å². The van der Waals surface area contributed by atoms with Crippen LogP contribution in [0.3, 0.4) is 0 Å². The summed E-state index contributed by atoms with van der Waals surface area (Å²) in [6.45, 7) is 2.73. The zero-order chi connectivity index (χ0) is 31.9. The molecule has 0 aliphatic heterocycles. The fourth-order valence-corrected chi connectivity index (χ4v) is 6.95. The van der Waals surface area contributed by atoms with Crippen LogP contribution in [0.25, 0.3) is 0 Å². The third-order valence-corrected chi connectivity index (χ3v) is 9.99. The van der Waals surface area contributed by atoms with E-state index in [1.165, 1.54) is 24.3 Å². The minimum Gasteiger partial charge on any atom is -0.358 e. The fraction of sp³-hybridized carbons (Fsp3) is 0.167. The van der Waals surface area contributed by atoms with Crippen LogP contribution in [-0.4, -0.2) is 36.2 Å². The van der Waals surface area contributed by atoms with Gasteiger partial charge in [-0.15, -0.1) is 0 Å². The van der Waals surface area contributed by atoms with Gasteiger partial charge in [-0.3, -0.25) is 8.37 Å². The lowest BCUT2D eigenvalue weighted by atomic mass is 9.80. The van der Waals surface area contributed by atoms with Gasteiger partial charge in [0.15, 0.2) is 0 Å². The third-order valence-electron chi connectivity index (χ3n) is 7.32. The van der Waals surface area contributed by atoms with E-state index in [4.69, 9.17) is 13.1 Å². The number of rotatable bonds is 13. The molecule has 1 unspecified atom stereocenters. The van der Waals surface area contributed by atoms with Crippen molar-refractivity contribution in [2.75, 3.05) is 13.2 Å². The highest BCUT2D eigenvalue weighted by Gasteiger charge is 2.39. The lowest BCUT2D eigenvalue weighted by Gasteiger charge is -2.37. The van der Waals surface area contributed by atoms with Gasteiger partial charge in [0.25, 0.3) is 20.2 Å². The molecule has 7 nitrogen and oxygen atoms in total. The molecular formula is C36H34O7S2. The van der Waals surface area contributed by atoms with Gasteiger partial charge in [0.1, 0.15) is 11.7 Å². The number of ether oxygens (including phenoxy) is 1. The van der Waals surface area contributed by atoms with Crippen LogP contribution in [-0.2, 0) is 38.9 Å². The Bertz CT molecular complexity index is 1800.